The second-order valence-corrected chi connectivity index (χ2v) is 7.58. The topological polar surface area (TPSA) is 55.6 Å². The van der Waals surface area contributed by atoms with Crippen LogP contribution in [0.1, 0.15) is 52.5 Å². The quantitative estimate of drug-likeness (QED) is 0.904. The van der Waals surface area contributed by atoms with Crippen molar-refractivity contribution in [1.29, 1.82) is 0 Å². The lowest BCUT2D eigenvalue weighted by molar-refractivity contribution is 0.250. The number of hydrogen-bond acceptors (Lipinski definition) is 5. The third-order valence-electron chi connectivity index (χ3n) is 4.45. The fourth-order valence-corrected chi connectivity index (χ4v) is 4.76. The van der Waals surface area contributed by atoms with Crippen molar-refractivity contribution >= 4 is 11.8 Å². The van der Waals surface area contributed by atoms with Gasteiger partial charge in [0.25, 0.3) is 0 Å². The lowest BCUT2D eigenvalue weighted by atomic mass is 9.80. The van der Waals surface area contributed by atoms with E-state index >= 15 is 0 Å². The Labute approximate surface area is 125 Å². The maximum Gasteiger partial charge on any atom is 0.209 e. The molecule has 1 aromatic rings. The van der Waals surface area contributed by atoms with Gasteiger partial charge in [-0.25, -0.2) is 4.68 Å². The first-order chi connectivity index (χ1) is 9.69. The molecule has 6 heteroatoms. The number of hydrogen-bond donors (Lipinski definition) is 1. The lowest BCUT2D eigenvalue weighted by Crippen LogP contribution is -2.46. The fraction of sp³-hybridized carbons (Fsp3) is 0.929. The highest BCUT2D eigenvalue weighted by atomic mass is 32.2. The van der Waals surface area contributed by atoms with Crippen LogP contribution in [0.5, 0.6) is 0 Å². The Morgan fingerprint density at radius 1 is 1.30 bits per heavy atom. The van der Waals surface area contributed by atoms with Crippen LogP contribution in [0, 0.1) is 11.8 Å². The summed E-state index contributed by atoms with van der Waals surface area (Å²) in [5.74, 6) is 1.52. The molecule has 0 radical (unpaired) electrons. The van der Waals surface area contributed by atoms with Crippen molar-refractivity contribution in [2.45, 2.75) is 68.9 Å². The Morgan fingerprint density at radius 3 is 2.80 bits per heavy atom. The summed E-state index contributed by atoms with van der Waals surface area (Å²) in [4.78, 5) is 0. The van der Waals surface area contributed by atoms with Gasteiger partial charge in [0, 0.05) is 11.3 Å². The van der Waals surface area contributed by atoms with E-state index in [1.54, 1.807) is 0 Å². The van der Waals surface area contributed by atoms with E-state index in [-0.39, 0.29) is 0 Å². The molecule has 2 saturated carbocycles. The number of tetrazole rings is 1. The molecular formula is C14H25N5S. The maximum atomic E-state index is 4.26. The molecular weight excluding hydrogens is 270 g/mol. The van der Waals surface area contributed by atoms with E-state index in [9.17, 15) is 0 Å². The summed E-state index contributed by atoms with van der Waals surface area (Å²) in [6.45, 7) is 7.98. The van der Waals surface area contributed by atoms with Crippen LogP contribution < -0.4 is 5.32 Å². The molecule has 1 N–H and O–H groups in total. The third kappa shape index (κ3) is 3.01. The Kier molecular flexibility index (Phi) is 4.31. The minimum atomic E-state index is 0.558. The van der Waals surface area contributed by atoms with Gasteiger partial charge in [0.2, 0.25) is 5.16 Å². The zero-order chi connectivity index (χ0) is 14.1. The summed E-state index contributed by atoms with van der Waals surface area (Å²) >= 11 is 1.89. The van der Waals surface area contributed by atoms with Crippen molar-refractivity contribution in [2.75, 3.05) is 6.54 Å². The Morgan fingerprint density at radius 2 is 2.10 bits per heavy atom. The van der Waals surface area contributed by atoms with E-state index < -0.39 is 0 Å². The summed E-state index contributed by atoms with van der Waals surface area (Å²) in [5, 5.41) is 17.6. The second kappa shape index (κ2) is 6.02. The molecule has 2 aliphatic rings. The fourth-order valence-electron chi connectivity index (χ4n) is 3.42. The highest BCUT2D eigenvalue weighted by Crippen LogP contribution is 2.42. The second-order valence-electron chi connectivity index (χ2n) is 6.44. The predicted octanol–water partition coefficient (Wildman–Crippen LogP) is 2.51. The number of rotatable bonds is 5. The van der Waals surface area contributed by atoms with E-state index in [0.717, 1.165) is 17.6 Å². The van der Waals surface area contributed by atoms with Crippen LogP contribution in [0.4, 0.5) is 0 Å². The van der Waals surface area contributed by atoms with Gasteiger partial charge >= 0.3 is 0 Å². The summed E-state index contributed by atoms with van der Waals surface area (Å²) in [7, 11) is 0. The van der Waals surface area contributed by atoms with Crippen molar-refractivity contribution < 1.29 is 0 Å². The average Bonchev–Trinajstić information content (AvgIpc) is 3.14. The molecule has 3 rings (SSSR count). The summed E-state index contributed by atoms with van der Waals surface area (Å²) in [6.07, 6.45) is 5.03. The molecule has 1 aromatic heterocycles. The molecule has 2 fully saturated rings. The Balaban J connectivity index is 1.73. The first-order valence-corrected chi connectivity index (χ1v) is 8.75. The molecule has 5 nitrogen and oxygen atoms in total. The van der Waals surface area contributed by atoms with Crippen molar-refractivity contribution in [3.63, 3.8) is 0 Å². The molecule has 4 unspecified atom stereocenters. The molecule has 4 atom stereocenters. The predicted molar refractivity (Wildman–Crippen MR) is 80.8 cm³/mol. The van der Waals surface area contributed by atoms with Crippen LogP contribution in [0.25, 0.3) is 0 Å². The molecule has 0 saturated heterocycles. The molecule has 1 heterocycles. The number of thioether (sulfide) groups is 1. The molecule has 0 aromatic carbocycles. The van der Waals surface area contributed by atoms with E-state index in [2.05, 4.69) is 41.6 Å². The van der Waals surface area contributed by atoms with Crippen LogP contribution in [-0.4, -0.2) is 38.0 Å². The maximum absolute atomic E-state index is 4.26. The number of nitrogens with one attached hydrogen (secondary N) is 1. The van der Waals surface area contributed by atoms with E-state index in [4.69, 9.17) is 0 Å². The summed E-state index contributed by atoms with van der Waals surface area (Å²) in [5.41, 5.74) is 0. The van der Waals surface area contributed by atoms with Crippen LogP contribution in [-0.2, 0) is 0 Å². The molecule has 0 amide bonds. The molecule has 2 aliphatic carbocycles. The van der Waals surface area contributed by atoms with Gasteiger partial charge in [-0.1, -0.05) is 32.5 Å². The largest absolute Gasteiger partial charge is 0.313 e. The van der Waals surface area contributed by atoms with Gasteiger partial charge in [-0.2, -0.15) is 0 Å². The van der Waals surface area contributed by atoms with Crippen LogP contribution >= 0.6 is 11.8 Å². The molecule has 112 valence electrons. The normalized spacial score (nSPS) is 34.4. The Hall–Kier alpha value is -0.620. The van der Waals surface area contributed by atoms with Gasteiger partial charge in [0.05, 0.1) is 6.04 Å². The average molecular weight is 295 g/mol. The first-order valence-electron chi connectivity index (χ1n) is 7.87. The van der Waals surface area contributed by atoms with Crippen LogP contribution in [0.3, 0.4) is 0 Å². The van der Waals surface area contributed by atoms with Crippen LogP contribution in [0.2, 0.25) is 0 Å². The zero-order valence-corrected chi connectivity index (χ0v) is 13.4. The van der Waals surface area contributed by atoms with E-state index in [1.165, 1.54) is 25.7 Å². The van der Waals surface area contributed by atoms with Crippen molar-refractivity contribution in [2.24, 2.45) is 11.8 Å². The van der Waals surface area contributed by atoms with Gasteiger partial charge in [0.1, 0.15) is 0 Å². The minimum absolute atomic E-state index is 0.558. The van der Waals surface area contributed by atoms with Gasteiger partial charge in [-0.15, -0.1) is 5.10 Å². The SMILES string of the molecule is CCNC1CC(C)CC(C)C1Sc1nnnn1C1CC1. The van der Waals surface area contributed by atoms with Gasteiger partial charge in [-0.05, 0) is 54.5 Å². The highest BCUT2D eigenvalue weighted by Gasteiger charge is 2.36. The summed E-state index contributed by atoms with van der Waals surface area (Å²) < 4.78 is 2.04. The van der Waals surface area contributed by atoms with Crippen molar-refractivity contribution in [1.82, 2.24) is 25.5 Å². The monoisotopic (exact) mass is 295 g/mol. The zero-order valence-electron chi connectivity index (χ0n) is 12.6. The molecule has 0 spiro atoms. The van der Waals surface area contributed by atoms with Gasteiger partial charge < -0.3 is 5.32 Å². The molecule has 0 bridgehead atoms. The first kappa shape index (κ1) is 14.3. The molecule has 0 aliphatic heterocycles. The highest BCUT2D eigenvalue weighted by molar-refractivity contribution is 7.99. The standard InChI is InChI=1S/C14H25N5S/c1-4-15-12-8-9(2)7-10(3)13(12)20-14-16-17-18-19(14)11-5-6-11/h9-13,15H,4-8H2,1-3H3. The van der Waals surface area contributed by atoms with Crippen molar-refractivity contribution in [3.8, 4) is 0 Å². The lowest BCUT2D eigenvalue weighted by Gasteiger charge is -2.39. The smallest absolute Gasteiger partial charge is 0.209 e. The van der Waals surface area contributed by atoms with Crippen LogP contribution in [0.15, 0.2) is 5.16 Å². The van der Waals surface area contributed by atoms with E-state index in [0.29, 0.717) is 23.3 Å². The minimum Gasteiger partial charge on any atom is -0.313 e. The number of aromatic nitrogens is 4. The summed E-state index contributed by atoms with van der Waals surface area (Å²) in [6, 6.07) is 1.14. The van der Waals surface area contributed by atoms with Gasteiger partial charge in [-0.3, -0.25) is 0 Å². The Bertz CT molecular complexity index is 445. The number of nitrogens with zero attached hydrogens (tertiary/aromatic N) is 4. The van der Waals surface area contributed by atoms with E-state index in [1.807, 2.05) is 16.4 Å². The van der Waals surface area contributed by atoms with Gasteiger partial charge in [0.15, 0.2) is 0 Å². The third-order valence-corrected chi connectivity index (χ3v) is 6.00. The van der Waals surface area contributed by atoms with Crippen molar-refractivity contribution in [3.05, 3.63) is 0 Å². The molecule has 20 heavy (non-hydrogen) atoms.